The predicted molar refractivity (Wildman–Crippen MR) is 119 cm³/mol. The lowest BCUT2D eigenvalue weighted by molar-refractivity contribution is -0.123. The second-order valence-electron chi connectivity index (χ2n) is 7.14. The lowest BCUT2D eigenvalue weighted by atomic mass is 9.97. The van der Waals surface area contributed by atoms with Gasteiger partial charge in [-0.05, 0) is 64.7 Å². The number of benzene rings is 4. The van der Waals surface area contributed by atoms with E-state index < -0.39 is 0 Å². The molecule has 0 aliphatic carbocycles. The number of carbonyl (C=O) groups is 1. The zero-order valence-electron chi connectivity index (χ0n) is 16.5. The molecule has 1 amide bonds. The van der Waals surface area contributed by atoms with Crippen molar-refractivity contribution in [2.45, 2.75) is 13.8 Å². The number of hydrazone groups is 1. The van der Waals surface area contributed by atoms with Gasteiger partial charge in [0.15, 0.2) is 6.61 Å². The smallest absolute Gasteiger partial charge is 0.277 e. The average molecular weight is 382 g/mol. The molecule has 1 N–H and O–H groups in total. The Kier molecular flexibility index (Phi) is 5.25. The fourth-order valence-electron chi connectivity index (χ4n) is 3.55. The van der Waals surface area contributed by atoms with Gasteiger partial charge in [0.25, 0.3) is 5.91 Å². The maximum Gasteiger partial charge on any atom is 0.277 e. The largest absolute Gasteiger partial charge is 0.484 e. The van der Waals surface area contributed by atoms with Crippen LogP contribution in [0.15, 0.2) is 77.9 Å². The highest BCUT2D eigenvalue weighted by molar-refractivity contribution is 6.13. The molecular weight excluding hydrogens is 360 g/mol. The molecule has 0 heterocycles. The second kappa shape index (κ2) is 8.15. The molecule has 0 fully saturated rings. The highest BCUT2D eigenvalue weighted by Gasteiger charge is 2.06. The first-order valence-electron chi connectivity index (χ1n) is 9.54. The van der Waals surface area contributed by atoms with Crippen molar-refractivity contribution in [2.24, 2.45) is 5.10 Å². The van der Waals surface area contributed by atoms with Crippen LogP contribution >= 0.6 is 0 Å². The summed E-state index contributed by atoms with van der Waals surface area (Å²) in [5.74, 6) is 0.381. The number of hydrogen-bond acceptors (Lipinski definition) is 3. The van der Waals surface area contributed by atoms with Gasteiger partial charge in [-0.25, -0.2) is 5.43 Å². The van der Waals surface area contributed by atoms with Crippen LogP contribution in [0, 0.1) is 13.8 Å². The molecule has 0 atom stereocenters. The number of nitrogens with zero attached hydrogens (tertiary/aromatic N) is 1. The molecule has 29 heavy (non-hydrogen) atoms. The van der Waals surface area contributed by atoms with Gasteiger partial charge in [0, 0.05) is 5.56 Å². The van der Waals surface area contributed by atoms with Crippen molar-refractivity contribution in [2.75, 3.05) is 6.61 Å². The summed E-state index contributed by atoms with van der Waals surface area (Å²) in [4.78, 5) is 12.2. The van der Waals surface area contributed by atoms with Crippen molar-refractivity contribution < 1.29 is 9.53 Å². The fourth-order valence-corrected chi connectivity index (χ4v) is 3.55. The Hall–Kier alpha value is -3.66. The van der Waals surface area contributed by atoms with E-state index in [4.69, 9.17) is 4.74 Å². The number of nitrogens with one attached hydrogen (secondary N) is 1. The van der Waals surface area contributed by atoms with Crippen LogP contribution < -0.4 is 10.2 Å². The van der Waals surface area contributed by atoms with Crippen molar-refractivity contribution in [1.82, 2.24) is 5.43 Å². The van der Waals surface area contributed by atoms with Gasteiger partial charge in [-0.3, -0.25) is 4.79 Å². The number of rotatable bonds is 5. The number of aryl methyl sites for hydroxylation is 2. The van der Waals surface area contributed by atoms with Crippen LogP contribution in [0.3, 0.4) is 0 Å². The fraction of sp³-hybridized carbons (Fsp3) is 0.120. The van der Waals surface area contributed by atoms with E-state index in [-0.39, 0.29) is 12.5 Å². The topological polar surface area (TPSA) is 50.7 Å². The molecule has 0 radical (unpaired) electrons. The summed E-state index contributed by atoms with van der Waals surface area (Å²) in [6, 6.07) is 24.4. The third-order valence-electron chi connectivity index (χ3n) is 4.76. The standard InChI is InChI=1S/C25H22N2O2/c1-17-11-18(2)13-21(12-17)29-16-25(28)27-26-15-24-22-9-5-3-7-19(22)14-20-8-4-6-10-23(20)24/h3-15H,16H2,1-2H3,(H,27,28)/b26-15-. The Morgan fingerprint density at radius 2 is 1.48 bits per heavy atom. The zero-order valence-corrected chi connectivity index (χ0v) is 16.5. The summed E-state index contributed by atoms with van der Waals surface area (Å²) in [5.41, 5.74) is 5.74. The number of amides is 1. The first kappa shape index (κ1) is 18.7. The summed E-state index contributed by atoms with van der Waals surface area (Å²) in [5, 5.41) is 8.64. The van der Waals surface area contributed by atoms with Crippen molar-refractivity contribution in [3.8, 4) is 5.75 Å². The number of hydrogen-bond donors (Lipinski definition) is 1. The highest BCUT2D eigenvalue weighted by atomic mass is 16.5. The Morgan fingerprint density at radius 3 is 2.10 bits per heavy atom. The molecule has 144 valence electrons. The van der Waals surface area contributed by atoms with Crippen molar-refractivity contribution >= 4 is 33.7 Å². The van der Waals surface area contributed by atoms with E-state index in [0.29, 0.717) is 5.75 Å². The van der Waals surface area contributed by atoms with Crippen LogP contribution in [-0.4, -0.2) is 18.7 Å². The van der Waals surface area contributed by atoms with Crippen LogP contribution in [0.4, 0.5) is 0 Å². The second-order valence-corrected chi connectivity index (χ2v) is 7.14. The van der Waals surface area contributed by atoms with E-state index in [0.717, 1.165) is 38.2 Å². The summed E-state index contributed by atoms with van der Waals surface area (Å²) in [6.45, 7) is 3.91. The third-order valence-corrected chi connectivity index (χ3v) is 4.76. The molecule has 4 nitrogen and oxygen atoms in total. The van der Waals surface area contributed by atoms with E-state index in [9.17, 15) is 4.79 Å². The van der Waals surface area contributed by atoms with Gasteiger partial charge in [0.1, 0.15) is 5.75 Å². The lowest BCUT2D eigenvalue weighted by Gasteiger charge is -2.08. The quantitative estimate of drug-likeness (QED) is 0.295. The average Bonchev–Trinajstić information content (AvgIpc) is 2.71. The molecule has 0 saturated heterocycles. The molecule has 0 unspecified atom stereocenters. The Balaban J connectivity index is 1.51. The van der Waals surface area contributed by atoms with Crippen molar-refractivity contribution in [3.05, 3.63) is 89.5 Å². The Bertz CT molecular complexity index is 1150. The molecule has 4 aromatic carbocycles. The van der Waals surface area contributed by atoms with Crippen LogP contribution in [0.1, 0.15) is 16.7 Å². The van der Waals surface area contributed by atoms with Crippen LogP contribution in [-0.2, 0) is 4.79 Å². The molecule has 0 spiro atoms. The van der Waals surface area contributed by atoms with Gasteiger partial charge < -0.3 is 4.74 Å². The van der Waals surface area contributed by atoms with Gasteiger partial charge in [-0.1, -0.05) is 54.6 Å². The maximum atomic E-state index is 12.2. The summed E-state index contributed by atoms with van der Waals surface area (Å²) < 4.78 is 5.59. The Morgan fingerprint density at radius 1 is 0.897 bits per heavy atom. The molecule has 0 saturated carbocycles. The molecule has 0 aromatic heterocycles. The molecule has 4 heteroatoms. The van der Waals surface area contributed by atoms with Crippen LogP contribution in [0.5, 0.6) is 5.75 Å². The van der Waals surface area contributed by atoms with Crippen molar-refractivity contribution in [3.63, 3.8) is 0 Å². The molecule has 0 aliphatic rings. The van der Waals surface area contributed by atoms with E-state index in [1.54, 1.807) is 6.21 Å². The first-order chi connectivity index (χ1) is 14.1. The zero-order chi connectivity index (χ0) is 20.2. The summed E-state index contributed by atoms with van der Waals surface area (Å²) in [7, 11) is 0. The summed E-state index contributed by atoms with van der Waals surface area (Å²) in [6.07, 6.45) is 1.71. The monoisotopic (exact) mass is 382 g/mol. The number of fused-ring (bicyclic) bond motifs is 2. The first-order valence-corrected chi connectivity index (χ1v) is 9.54. The molecule has 4 rings (SSSR count). The predicted octanol–water partition coefficient (Wildman–Crippen LogP) is 5.14. The highest BCUT2D eigenvalue weighted by Crippen LogP contribution is 2.27. The van der Waals surface area contributed by atoms with Gasteiger partial charge in [0.2, 0.25) is 0 Å². The minimum absolute atomic E-state index is 0.0868. The van der Waals surface area contributed by atoms with Gasteiger partial charge >= 0.3 is 0 Å². The van der Waals surface area contributed by atoms with E-state index in [1.165, 1.54) is 0 Å². The van der Waals surface area contributed by atoms with E-state index in [1.807, 2.05) is 50.2 Å². The third kappa shape index (κ3) is 4.27. The summed E-state index contributed by atoms with van der Waals surface area (Å²) >= 11 is 0. The van der Waals surface area contributed by atoms with Gasteiger partial charge in [0.05, 0.1) is 6.21 Å². The maximum absolute atomic E-state index is 12.2. The normalized spacial score (nSPS) is 11.2. The van der Waals surface area contributed by atoms with E-state index in [2.05, 4.69) is 46.9 Å². The Labute approximate surface area is 169 Å². The van der Waals surface area contributed by atoms with Crippen LogP contribution in [0.25, 0.3) is 21.5 Å². The van der Waals surface area contributed by atoms with Crippen molar-refractivity contribution in [1.29, 1.82) is 0 Å². The van der Waals surface area contributed by atoms with E-state index >= 15 is 0 Å². The molecular formula is C25H22N2O2. The minimum atomic E-state index is -0.301. The van der Waals surface area contributed by atoms with Gasteiger partial charge in [-0.15, -0.1) is 0 Å². The SMILES string of the molecule is Cc1cc(C)cc(OCC(=O)N/N=C\c2c3ccccc3cc3ccccc23)c1. The molecule has 4 aromatic rings. The molecule has 0 aliphatic heterocycles. The number of ether oxygens (including phenoxy) is 1. The minimum Gasteiger partial charge on any atom is -0.484 e. The molecule has 0 bridgehead atoms. The van der Waals surface area contributed by atoms with Gasteiger partial charge in [-0.2, -0.15) is 5.10 Å². The lowest BCUT2D eigenvalue weighted by Crippen LogP contribution is -2.24. The van der Waals surface area contributed by atoms with Crippen LogP contribution in [0.2, 0.25) is 0 Å². The number of carbonyl (C=O) groups excluding carboxylic acids is 1.